The van der Waals surface area contributed by atoms with Crippen LogP contribution in [0.25, 0.3) is 11.4 Å². The molecule has 2 heterocycles. The molecule has 6 heteroatoms. The maximum absolute atomic E-state index is 9.41. The Morgan fingerprint density at radius 3 is 1.53 bits per heavy atom. The van der Waals surface area contributed by atoms with Crippen LogP contribution in [0, 0.1) is 0 Å². The standard InChI is InChI=1S/C10H8N2.CH5NO2S/c1-3-7-11-9(5-1)10-6-2-4-8-12-10;1-5(2,3)4/h1-8H;1H3,(H2,2,3,4). The first kappa shape index (κ1) is 13.3. The van der Waals surface area contributed by atoms with Gasteiger partial charge in [0.05, 0.1) is 17.6 Å². The van der Waals surface area contributed by atoms with E-state index in [1.165, 1.54) is 0 Å². The van der Waals surface area contributed by atoms with Gasteiger partial charge in [0.2, 0.25) is 10.0 Å². The van der Waals surface area contributed by atoms with Crippen molar-refractivity contribution in [2.45, 2.75) is 0 Å². The second kappa shape index (κ2) is 6.07. The van der Waals surface area contributed by atoms with Crippen molar-refractivity contribution < 1.29 is 8.42 Å². The number of nitrogens with zero attached hydrogens (tertiary/aromatic N) is 2. The highest BCUT2D eigenvalue weighted by molar-refractivity contribution is 7.88. The molecular formula is C11H13N3O2S. The molecule has 0 aliphatic rings. The Kier molecular flexibility index (Phi) is 4.74. The molecule has 0 fully saturated rings. The molecule has 2 aromatic rings. The third kappa shape index (κ3) is 6.39. The van der Waals surface area contributed by atoms with Crippen LogP contribution in [0.5, 0.6) is 0 Å². The van der Waals surface area contributed by atoms with Crippen molar-refractivity contribution in [3.05, 3.63) is 48.8 Å². The molecule has 5 nitrogen and oxygen atoms in total. The largest absolute Gasteiger partial charge is 0.255 e. The Bertz CT molecular complexity index is 496. The van der Waals surface area contributed by atoms with Crippen molar-refractivity contribution in [2.75, 3.05) is 6.26 Å². The van der Waals surface area contributed by atoms with Crippen LogP contribution >= 0.6 is 0 Å². The first-order chi connectivity index (χ1) is 7.97. The highest BCUT2D eigenvalue weighted by atomic mass is 32.2. The molecule has 0 aliphatic carbocycles. The van der Waals surface area contributed by atoms with Crippen molar-refractivity contribution in [2.24, 2.45) is 5.14 Å². The van der Waals surface area contributed by atoms with Crippen LogP contribution < -0.4 is 5.14 Å². The summed E-state index contributed by atoms with van der Waals surface area (Å²) in [6, 6.07) is 11.6. The van der Waals surface area contributed by atoms with E-state index in [4.69, 9.17) is 0 Å². The number of pyridine rings is 2. The topological polar surface area (TPSA) is 85.9 Å². The van der Waals surface area contributed by atoms with Crippen LogP contribution in [0.2, 0.25) is 0 Å². The van der Waals surface area contributed by atoms with E-state index in [2.05, 4.69) is 15.1 Å². The summed E-state index contributed by atoms with van der Waals surface area (Å²) in [7, 11) is -3.17. The molecule has 0 unspecified atom stereocenters. The number of rotatable bonds is 1. The van der Waals surface area contributed by atoms with Gasteiger partial charge in [-0.3, -0.25) is 9.97 Å². The molecule has 0 spiro atoms. The predicted octanol–water partition coefficient (Wildman–Crippen LogP) is 1.05. The lowest BCUT2D eigenvalue weighted by Crippen LogP contribution is -2.07. The third-order valence-electron chi connectivity index (χ3n) is 1.59. The van der Waals surface area contributed by atoms with E-state index < -0.39 is 10.0 Å². The summed E-state index contributed by atoms with van der Waals surface area (Å²) in [5.41, 5.74) is 1.83. The minimum atomic E-state index is -3.17. The number of nitrogens with two attached hydrogens (primary N) is 1. The summed E-state index contributed by atoms with van der Waals surface area (Å²) in [6.45, 7) is 0. The van der Waals surface area contributed by atoms with Gasteiger partial charge in [0.15, 0.2) is 0 Å². The van der Waals surface area contributed by atoms with Gasteiger partial charge in [-0.2, -0.15) is 0 Å². The van der Waals surface area contributed by atoms with E-state index in [1.807, 2.05) is 36.4 Å². The SMILES string of the molecule is CS(N)(=O)=O.c1ccc(-c2ccccn2)nc1. The van der Waals surface area contributed by atoms with E-state index in [-0.39, 0.29) is 0 Å². The van der Waals surface area contributed by atoms with Gasteiger partial charge in [0.1, 0.15) is 0 Å². The van der Waals surface area contributed by atoms with Crippen molar-refractivity contribution in [1.82, 2.24) is 9.97 Å². The fraction of sp³-hybridized carbons (Fsp3) is 0.0909. The first-order valence-corrected chi connectivity index (χ1v) is 6.72. The molecule has 2 N–H and O–H groups in total. The van der Waals surface area contributed by atoms with E-state index in [0.717, 1.165) is 17.6 Å². The van der Waals surface area contributed by atoms with E-state index in [1.54, 1.807) is 12.4 Å². The summed E-state index contributed by atoms with van der Waals surface area (Å²) < 4.78 is 18.8. The minimum Gasteiger partial charge on any atom is -0.255 e. The molecule has 0 saturated heterocycles. The number of hydrogen-bond donors (Lipinski definition) is 1. The lowest BCUT2D eigenvalue weighted by Gasteiger charge is -1.96. The second-order valence-electron chi connectivity index (χ2n) is 3.26. The molecule has 0 bridgehead atoms. The van der Waals surface area contributed by atoms with E-state index in [9.17, 15) is 8.42 Å². The third-order valence-corrected chi connectivity index (χ3v) is 1.59. The van der Waals surface area contributed by atoms with Crippen LogP contribution in [0.15, 0.2) is 48.8 Å². The zero-order valence-corrected chi connectivity index (χ0v) is 10.1. The van der Waals surface area contributed by atoms with Gasteiger partial charge in [0.25, 0.3) is 0 Å². The number of sulfonamides is 1. The average Bonchev–Trinajstić information content (AvgIpc) is 2.29. The Morgan fingerprint density at radius 2 is 1.29 bits per heavy atom. The second-order valence-corrected chi connectivity index (χ2v) is 4.92. The van der Waals surface area contributed by atoms with Gasteiger partial charge in [-0.25, -0.2) is 13.6 Å². The lowest BCUT2D eigenvalue weighted by molar-refractivity contribution is 0.603. The highest BCUT2D eigenvalue weighted by Crippen LogP contribution is 2.10. The quantitative estimate of drug-likeness (QED) is 0.820. The zero-order valence-electron chi connectivity index (χ0n) is 9.32. The van der Waals surface area contributed by atoms with Crippen LogP contribution in [0.4, 0.5) is 0 Å². The van der Waals surface area contributed by atoms with Crippen molar-refractivity contribution in [1.29, 1.82) is 0 Å². The van der Waals surface area contributed by atoms with Gasteiger partial charge in [-0.1, -0.05) is 12.1 Å². The van der Waals surface area contributed by atoms with Gasteiger partial charge in [-0.15, -0.1) is 0 Å². The average molecular weight is 251 g/mol. The fourth-order valence-corrected chi connectivity index (χ4v) is 1.03. The Morgan fingerprint density at radius 1 is 0.941 bits per heavy atom. The maximum Gasteiger partial charge on any atom is 0.206 e. The summed E-state index contributed by atoms with van der Waals surface area (Å²) in [5, 5.41) is 4.33. The molecule has 0 aromatic carbocycles. The lowest BCUT2D eigenvalue weighted by atomic mass is 10.2. The van der Waals surface area contributed by atoms with Gasteiger partial charge >= 0.3 is 0 Å². The molecule has 2 rings (SSSR count). The number of aromatic nitrogens is 2. The smallest absolute Gasteiger partial charge is 0.206 e. The van der Waals surface area contributed by atoms with Crippen LogP contribution in [0.1, 0.15) is 0 Å². The summed E-state index contributed by atoms with van der Waals surface area (Å²) >= 11 is 0. The fourth-order valence-electron chi connectivity index (χ4n) is 1.03. The summed E-state index contributed by atoms with van der Waals surface area (Å²) in [6.07, 6.45) is 4.47. The highest BCUT2D eigenvalue weighted by Gasteiger charge is 1.95. The van der Waals surface area contributed by atoms with Gasteiger partial charge in [0, 0.05) is 12.4 Å². The molecule has 0 amide bonds. The molecule has 0 saturated carbocycles. The van der Waals surface area contributed by atoms with E-state index >= 15 is 0 Å². The molecular weight excluding hydrogens is 238 g/mol. The molecule has 0 aliphatic heterocycles. The zero-order chi connectivity index (χ0) is 12.7. The Labute approximate surface area is 100 Å². The molecule has 17 heavy (non-hydrogen) atoms. The summed E-state index contributed by atoms with van der Waals surface area (Å²) in [5.74, 6) is 0. The van der Waals surface area contributed by atoms with Crippen LogP contribution in [-0.2, 0) is 10.0 Å². The van der Waals surface area contributed by atoms with E-state index in [0.29, 0.717) is 0 Å². The molecule has 0 radical (unpaired) electrons. The Balaban J connectivity index is 0.000000249. The van der Waals surface area contributed by atoms with Crippen molar-refractivity contribution in [3.63, 3.8) is 0 Å². The summed E-state index contributed by atoms with van der Waals surface area (Å²) in [4.78, 5) is 8.37. The normalized spacial score (nSPS) is 10.2. The molecule has 90 valence electrons. The van der Waals surface area contributed by atoms with Gasteiger partial charge in [-0.05, 0) is 24.3 Å². The van der Waals surface area contributed by atoms with Gasteiger partial charge < -0.3 is 0 Å². The van der Waals surface area contributed by atoms with Crippen molar-refractivity contribution >= 4 is 10.0 Å². The van der Waals surface area contributed by atoms with Crippen LogP contribution in [0.3, 0.4) is 0 Å². The minimum absolute atomic E-state index is 0.915. The maximum atomic E-state index is 9.41. The number of primary sulfonamides is 1. The molecule has 2 aromatic heterocycles. The Hall–Kier alpha value is -1.79. The van der Waals surface area contributed by atoms with Crippen molar-refractivity contribution in [3.8, 4) is 11.4 Å². The predicted molar refractivity (Wildman–Crippen MR) is 66.5 cm³/mol. The first-order valence-electron chi connectivity index (χ1n) is 4.77. The number of hydrogen-bond acceptors (Lipinski definition) is 4. The monoisotopic (exact) mass is 251 g/mol. The molecule has 0 atom stereocenters. The van der Waals surface area contributed by atoms with Crippen LogP contribution in [-0.4, -0.2) is 24.6 Å².